The molecule has 1 aromatic rings. The maximum atomic E-state index is 10.9. The van der Waals surface area contributed by atoms with Crippen LogP contribution in [0.1, 0.15) is 39.2 Å². The van der Waals surface area contributed by atoms with Crippen LogP contribution < -0.4 is 4.74 Å². The molecule has 0 heterocycles. The van der Waals surface area contributed by atoms with E-state index >= 15 is 0 Å². The van der Waals surface area contributed by atoms with Crippen LogP contribution in [0.3, 0.4) is 0 Å². The molecule has 0 aliphatic heterocycles. The summed E-state index contributed by atoms with van der Waals surface area (Å²) >= 11 is 0. The number of allylic oxidation sites excluding steroid dienone is 1. The lowest BCUT2D eigenvalue weighted by atomic mass is 9.88. The van der Waals surface area contributed by atoms with E-state index in [0.29, 0.717) is 0 Å². The fraction of sp³-hybridized carbons (Fsp3) is 0.579. The predicted octanol–water partition coefficient (Wildman–Crippen LogP) is 4.62. The Labute approximate surface area is 141 Å². The van der Waals surface area contributed by atoms with E-state index < -0.39 is 14.4 Å². The molecular formula is C19H30O3Si. The van der Waals surface area contributed by atoms with Gasteiger partial charge < -0.3 is 14.3 Å². The lowest BCUT2D eigenvalue weighted by Crippen LogP contribution is -2.48. The van der Waals surface area contributed by atoms with Crippen molar-refractivity contribution in [1.82, 2.24) is 0 Å². The largest absolute Gasteiger partial charge is 0.496 e. The van der Waals surface area contributed by atoms with Gasteiger partial charge >= 0.3 is 0 Å². The first kappa shape index (κ1) is 18.2. The highest BCUT2D eigenvalue weighted by Crippen LogP contribution is 2.41. The van der Waals surface area contributed by atoms with Crippen molar-refractivity contribution in [3.63, 3.8) is 0 Å². The maximum Gasteiger partial charge on any atom is 0.192 e. The van der Waals surface area contributed by atoms with Crippen molar-refractivity contribution in [2.24, 2.45) is 0 Å². The number of para-hydroxylation sites is 1. The monoisotopic (exact) mass is 334 g/mol. The van der Waals surface area contributed by atoms with Gasteiger partial charge in [-0.3, -0.25) is 0 Å². The van der Waals surface area contributed by atoms with Crippen molar-refractivity contribution in [2.75, 3.05) is 7.11 Å². The molecule has 0 bridgehead atoms. The third kappa shape index (κ3) is 3.87. The second-order valence-corrected chi connectivity index (χ2v) is 12.6. The van der Waals surface area contributed by atoms with Crippen molar-refractivity contribution in [2.45, 2.75) is 64.0 Å². The Morgan fingerprint density at radius 2 is 1.83 bits per heavy atom. The summed E-state index contributed by atoms with van der Waals surface area (Å²) in [5.41, 5.74) is 1.89. The molecule has 0 aromatic heterocycles. The Kier molecular flexibility index (Phi) is 5.39. The van der Waals surface area contributed by atoms with E-state index in [0.717, 1.165) is 29.7 Å². The minimum Gasteiger partial charge on any atom is -0.496 e. The molecule has 0 unspecified atom stereocenters. The van der Waals surface area contributed by atoms with Crippen LogP contribution in [0.5, 0.6) is 5.75 Å². The molecule has 23 heavy (non-hydrogen) atoms. The van der Waals surface area contributed by atoms with E-state index in [9.17, 15) is 5.11 Å². The molecule has 1 aromatic carbocycles. The molecule has 1 N–H and O–H groups in total. The van der Waals surface area contributed by atoms with Crippen LogP contribution in [0.15, 0.2) is 30.3 Å². The van der Waals surface area contributed by atoms with Crippen LogP contribution in [-0.2, 0) is 4.43 Å². The quantitative estimate of drug-likeness (QED) is 0.816. The maximum absolute atomic E-state index is 10.9. The molecule has 0 spiro atoms. The number of hydrogen-bond acceptors (Lipinski definition) is 3. The van der Waals surface area contributed by atoms with Crippen molar-refractivity contribution in [1.29, 1.82) is 0 Å². The fourth-order valence-corrected chi connectivity index (χ4v) is 4.07. The Morgan fingerprint density at radius 1 is 1.17 bits per heavy atom. The normalized spacial score (nSPS) is 22.7. The summed E-state index contributed by atoms with van der Waals surface area (Å²) in [7, 11) is -0.240. The molecule has 0 saturated carbocycles. The summed E-state index contributed by atoms with van der Waals surface area (Å²) < 4.78 is 11.9. The third-order valence-electron chi connectivity index (χ3n) is 5.16. The Balaban J connectivity index is 2.25. The van der Waals surface area contributed by atoms with E-state index in [2.05, 4.69) is 39.9 Å². The van der Waals surface area contributed by atoms with Crippen LogP contribution in [-0.4, -0.2) is 32.7 Å². The summed E-state index contributed by atoms with van der Waals surface area (Å²) in [6.45, 7) is 11.2. The molecule has 1 aliphatic carbocycles. The minimum absolute atomic E-state index is 0.137. The Hall–Kier alpha value is -1.10. The van der Waals surface area contributed by atoms with Gasteiger partial charge in [-0.15, -0.1) is 0 Å². The minimum atomic E-state index is -1.91. The third-order valence-corrected chi connectivity index (χ3v) is 9.66. The van der Waals surface area contributed by atoms with E-state index in [1.165, 1.54) is 0 Å². The zero-order valence-electron chi connectivity index (χ0n) is 15.2. The predicted molar refractivity (Wildman–Crippen MR) is 98.3 cm³/mol. The number of methoxy groups -OCH3 is 1. The molecule has 2 atom stereocenters. The first-order valence-corrected chi connectivity index (χ1v) is 11.3. The number of ether oxygens (including phenoxy) is 1. The van der Waals surface area contributed by atoms with Crippen LogP contribution in [0.25, 0.3) is 5.57 Å². The molecule has 4 heteroatoms. The highest BCUT2D eigenvalue weighted by Gasteiger charge is 2.41. The summed E-state index contributed by atoms with van der Waals surface area (Å²) in [6, 6.07) is 7.86. The highest BCUT2D eigenvalue weighted by atomic mass is 28.4. The van der Waals surface area contributed by atoms with Crippen LogP contribution in [0.4, 0.5) is 0 Å². The summed E-state index contributed by atoms with van der Waals surface area (Å²) in [6.07, 6.45) is 3.17. The number of hydrogen-bond donors (Lipinski definition) is 1. The summed E-state index contributed by atoms with van der Waals surface area (Å²) in [5.74, 6) is 0.797. The van der Waals surface area contributed by atoms with E-state index in [1.54, 1.807) is 7.11 Å². The van der Waals surface area contributed by atoms with Crippen LogP contribution in [0.2, 0.25) is 18.1 Å². The molecular weight excluding hydrogens is 304 g/mol. The van der Waals surface area contributed by atoms with E-state index in [4.69, 9.17) is 9.16 Å². The Bertz CT molecular complexity index is 572. The van der Waals surface area contributed by atoms with Crippen molar-refractivity contribution >= 4 is 13.9 Å². The van der Waals surface area contributed by atoms with Crippen molar-refractivity contribution in [3.8, 4) is 5.75 Å². The van der Waals surface area contributed by atoms with Gasteiger partial charge in [0.2, 0.25) is 0 Å². The summed E-state index contributed by atoms with van der Waals surface area (Å²) in [4.78, 5) is 0. The second-order valence-electron chi connectivity index (χ2n) is 7.80. The molecule has 2 rings (SSSR count). The van der Waals surface area contributed by atoms with Gasteiger partial charge in [-0.2, -0.15) is 0 Å². The average Bonchev–Trinajstić information content (AvgIpc) is 2.48. The first-order valence-electron chi connectivity index (χ1n) is 8.36. The average molecular weight is 335 g/mol. The number of benzene rings is 1. The van der Waals surface area contributed by atoms with Gasteiger partial charge in [0.25, 0.3) is 0 Å². The van der Waals surface area contributed by atoms with Crippen molar-refractivity contribution in [3.05, 3.63) is 35.9 Å². The van der Waals surface area contributed by atoms with Gasteiger partial charge in [0, 0.05) is 5.56 Å². The molecule has 1 aliphatic rings. The lowest BCUT2D eigenvalue weighted by Gasteiger charge is -2.42. The number of aliphatic hydroxyl groups is 1. The standard InChI is InChI=1S/C19H30O3Si/c1-19(2,3)23(5,6)22-17-13-9-11-15(18(17)20)14-10-7-8-12-16(14)21-4/h7-8,10-12,17-18,20H,9,13H2,1-6H3/t17-,18+/m0/s1. The molecule has 3 nitrogen and oxygen atoms in total. The van der Waals surface area contributed by atoms with Gasteiger partial charge in [0.05, 0.1) is 13.2 Å². The first-order chi connectivity index (χ1) is 10.7. The zero-order chi connectivity index (χ0) is 17.3. The lowest BCUT2D eigenvalue weighted by molar-refractivity contribution is 0.0532. The molecule has 0 amide bonds. The zero-order valence-corrected chi connectivity index (χ0v) is 16.2. The molecule has 0 saturated heterocycles. The second kappa shape index (κ2) is 6.79. The number of aliphatic hydroxyl groups excluding tert-OH is 1. The van der Waals surface area contributed by atoms with Gasteiger partial charge in [-0.05, 0) is 42.6 Å². The topological polar surface area (TPSA) is 38.7 Å². The fourth-order valence-electron chi connectivity index (χ4n) is 2.71. The molecule has 0 fully saturated rings. The highest BCUT2D eigenvalue weighted by molar-refractivity contribution is 6.74. The van der Waals surface area contributed by atoms with Crippen LogP contribution >= 0.6 is 0 Å². The van der Waals surface area contributed by atoms with E-state index in [-0.39, 0.29) is 11.1 Å². The van der Waals surface area contributed by atoms with E-state index in [1.807, 2.05) is 24.3 Å². The Morgan fingerprint density at radius 3 is 2.43 bits per heavy atom. The molecule has 128 valence electrons. The van der Waals surface area contributed by atoms with Gasteiger partial charge in [-0.1, -0.05) is 45.0 Å². The van der Waals surface area contributed by atoms with Crippen LogP contribution in [0, 0.1) is 0 Å². The molecule has 0 radical (unpaired) electrons. The van der Waals surface area contributed by atoms with Gasteiger partial charge in [-0.25, -0.2) is 0 Å². The van der Waals surface area contributed by atoms with Gasteiger partial charge in [0.15, 0.2) is 8.32 Å². The smallest absolute Gasteiger partial charge is 0.192 e. The van der Waals surface area contributed by atoms with Crippen molar-refractivity contribution < 1.29 is 14.3 Å². The SMILES string of the molecule is COc1ccccc1C1=CCC[C@H](O[Si](C)(C)C(C)(C)C)[C@@H]1O. The van der Waals surface area contributed by atoms with Gasteiger partial charge in [0.1, 0.15) is 11.9 Å². The number of rotatable bonds is 4. The summed E-state index contributed by atoms with van der Waals surface area (Å²) in [5, 5.41) is 11.0.